The van der Waals surface area contributed by atoms with Crippen molar-refractivity contribution in [1.82, 2.24) is 4.90 Å². The van der Waals surface area contributed by atoms with Crippen LogP contribution in [0.25, 0.3) is 0 Å². The summed E-state index contributed by atoms with van der Waals surface area (Å²) in [4.78, 5) is 1.89. The molecule has 0 unspecified atom stereocenters. The number of hydrogen-bond acceptors (Lipinski definition) is 2. The molecule has 0 amide bonds. The molecule has 0 saturated heterocycles. The fourth-order valence-corrected chi connectivity index (χ4v) is 1.37. The predicted octanol–water partition coefficient (Wildman–Crippen LogP) is 1.37. The predicted molar refractivity (Wildman–Crippen MR) is 59.8 cm³/mol. The zero-order valence-electron chi connectivity index (χ0n) is 8.83. The first-order valence-corrected chi connectivity index (χ1v) is 4.81. The van der Waals surface area contributed by atoms with E-state index in [2.05, 4.69) is 0 Å². The van der Waals surface area contributed by atoms with Crippen molar-refractivity contribution >= 4 is 5.84 Å². The van der Waals surface area contributed by atoms with Gasteiger partial charge in [0.15, 0.2) is 0 Å². The fraction of sp³-hybridized carbons (Fsp3) is 0.364. The van der Waals surface area contributed by atoms with Gasteiger partial charge in [0.1, 0.15) is 12.5 Å². The van der Waals surface area contributed by atoms with Crippen molar-refractivity contribution < 1.29 is 4.39 Å². The Morgan fingerprint density at radius 1 is 1.53 bits per heavy atom. The van der Waals surface area contributed by atoms with Gasteiger partial charge in [0.25, 0.3) is 0 Å². The van der Waals surface area contributed by atoms with Crippen LogP contribution in [0.3, 0.4) is 0 Å². The Morgan fingerprint density at radius 2 is 2.27 bits per heavy atom. The first kappa shape index (κ1) is 11.7. The van der Waals surface area contributed by atoms with Crippen molar-refractivity contribution in [3.05, 3.63) is 35.4 Å². The molecule has 0 radical (unpaired) electrons. The number of nitrogens with zero attached hydrogens (tertiary/aromatic N) is 1. The Balaban J connectivity index is 2.69. The minimum Gasteiger partial charge on any atom is -0.384 e. The van der Waals surface area contributed by atoms with E-state index in [1.54, 1.807) is 6.07 Å². The molecular formula is C11H16FN3. The molecule has 0 atom stereocenters. The largest absolute Gasteiger partial charge is 0.384 e. The van der Waals surface area contributed by atoms with Crippen molar-refractivity contribution in [2.45, 2.75) is 6.54 Å². The molecule has 1 aromatic rings. The zero-order chi connectivity index (χ0) is 11.3. The molecule has 15 heavy (non-hydrogen) atoms. The van der Waals surface area contributed by atoms with Crippen LogP contribution < -0.4 is 5.73 Å². The summed E-state index contributed by atoms with van der Waals surface area (Å²) in [5.41, 5.74) is 7.13. The lowest BCUT2D eigenvalue weighted by atomic mass is 10.1. The number of hydrogen-bond donors (Lipinski definition) is 2. The molecule has 0 aliphatic rings. The molecule has 0 saturated carbocycles. The Kier molecular flexibility index (Phi) is 4.24. The van der Waals surface area contributed by atoms with Gasteiger partial charge in [0.2, 0.25) is 0 Å². The maximum atomic E-state index is 12.1. The van der Waals surface area contributed by atoms with Crippen LogP contribution in [-0.2, 0) is 6.54 Å². The smallest absolute Gasteiger partial charge is 0.122 e. The average Bonchev–Trinajstić information content (AvgIpc) is 2.18. The van der Waals surface area contributed by atoms with Gasteiger partial charge in [0, 0.05) is 18.7 Å². The monoisotopic (exact) mass is 209 g/mol. The number of nitrogen functional groups attached to an aromatic ring is 1. The topological polar surface area (TPSA) is 53.1 Å². The third-order valence-corrected chi connectivity index (χ3v) is 2.16. The highest BCUT2D eigenvalue weighted by molar-refractivity contribution is 5.95. The summed E-state index contributed by atoms with van der Waals surface area (Å²) in [5.74, 6) is 0.0602. The maximum Gasteiger partial charge on any atom is 0.122 e. The summed E-state index contributed by atoms with van der Waals surface area (Å²) in [5, 5.41) is 7.30. The fourth-order valence-electron chi connectivity index (χ4n) is 1.37. The highest BCUT2D eigenvalue weighted by Gasteiger charge is 2.02. The molecule has 4 heteroatoms. The van der Waals surface area contributed by atoms with Crippen LogP contribution in [0, 0.1) is 5.41 Å². The second kappa shape index (κ2) is 5.46. The molecular weight excluding hydrogens is 193 g/mol. The van der Waals surface area contributed by atoms with E-state index in [-0.39, 0.29) is 12.5 Å². The van der Waals surface area contributed by atoms with Crippen LogP contribution in [0.4, 0.5) is 4.39 Å². The van der Waals surface area contributed by atoms with Crippen LogP contribution in [0.15, 0.2) is 24.3 Å². The number of nitrogens with one attached hydrogen (secondary N) is 1. The number of alkyl halides is 1. The summed E-state index contributed by atoms with van der Waals surface area (Å²) in [7, 11) is 1.86. The van der Waals surface area contributed by atoms with E-state index < -0.39 is 0 Å². The van der Waals surface area contributed by atoms with E-state index in [1.807, 2.05) is 30.1 Å². The third kappa shape index (κ3) is 3.67. The first-order valence-electron chi connectivity index (χ1n) is 4.81. The van der Waals surface area contributed by atoms with Gasteiger partial charge in [0.05, 0.1) is 0 Å². The summed E-state index contributed by atoms with van der Waals surface area (Å²) in [6.07, 6.45) is 0. The van der Waals surface area contributed by atoms with Gasteiger partial charge < -0.3 is 5.73 Å². The molecule has 3 nitrogen and oxygen atoms in total. The van der Waals surface area contributed by atoms with E-state index >= 15 is 0 Å². The number of halogens is 1. The van der Waals surface area contributed by atoms with Crippen LogP contribution >= 0.6 is 0 Å². The molecule has 1 aromatic carbocycles. The number of rotatable bonds is 5. The highest BCUT2D eigenvalue weighted by atomic mass is 19.1. The minimum atomic E-state index is -0.344. The summed E-state index contributed by atoms with van der Waals surface area (Å²) in [6, 6.07) is 7.45. The average molecular weight is 209 g/mol. The van der Waals surface area contributed by atoms with Crippen LogP contribution in [0.2, 0.25) is 0 Å². The lowest BCUT2D eigenvalue weighted by molar-refractivity contribution is 0.289. The van der Waals surface area contributed by atoms with Gasteiger partial charge >= 0.3 is 0 Å². The Bertz CT molecular complexity index is 338. The van der Waals surface area contributed by atoms with E-state index in [4.69, 9.17) is 11.1 Å². The number of benzene rings is 1. The SMILES string of the molecule is CN(CCF)Cc1cccc(C(=N)N)c1. The number of nitrogens with two attached hydrogens (primary N) is 1. The molecule has 0 bridgehead atoms. The molecule has 0 aliphatic heterocycles. The Labute approximate surface area is 89.2 Å². The Hall–Kier alpha value is -1.42. The van der Waals surface area contributed by atoms with Gasteiger partial charge in [-0.05, 0) is 18.7 Å². The van der Waals surface area contributed by atoms with Crippen LogP contribution in [0.5, 0.6) is 0 Å². The van der Waals surface area contributed by atoms with E-state index in [0.29, 0.717) is 18.7 Å². The molecule has 0 fully saturated rings. The van der Waals surface area contributed by atoms with E-state index in [0.717, 1.165) is 5.56 Å². The lowest BCUT2D eigenvalue weighted by Gasteiger charge is -2.14. The molecule has 0 aromatic heterocycles. The molecule has 0 heterocycles. The molecule has 3 N–H and O–H groups in total. The molecule has 82 valence electrons. The quantitative estimate of drug-likeness (QED) is 0.568. The maximum absolute atomic E-state index is 12.1. The lowest BCUT2D eigenvalue weighted by Crippen LogP contribution is -2.20. The van der Waals surface area contributed by atoms with Gasteiger partial charge in [-0.2, -0.15) is 0 Å². The highest BCUT2D eigenvalue weighted by Crippen LogP contribution is 2.07. The van der Waals surface area contributed by atoms with Gasteiger partial charge in [-0.15, -0.1) is 0 Å². The van der Waals surface area contributed by atoms with Gasteiger partial charge in [-0.25, -0.2) is 4.39 Å². The summed E-state index contributed by atoms with van der Waals surface area (Å²) < 4.78 is 12.1. The van der Waals surface area contributed by atoms with Crippen molar-refractivity contribution in [2.75, 3.05) is 20.3 Å². The van der Waals surface area contributed by atoms with Crippen molar-refractivity contribution in [1.29, 1.82) is 5.41 Å². The summed E-state index contributed by atoms with van der Waals surface area (Å²) >= 11 is 0. The van der Waals surface area contributed by atoms with Crippen LogP contribution in [-0.4, -0.2) is 31.0 Å². The van der Waals surface area contributed by atoms with Crippen molar-refractivity contribution in [3.8, 4) is 0 Å². The minimum absolute atomic E-state index is 0.0602. The first-order chi connectivity index (χ1) is 7.13. The summed E-state index contributed by atoms with van der Waals surface area (Å²) in [6.45, 7) is 0.748. The van der Waals surface area contributed by atoms with E-state index in [1.165, 1.54) is 0 Å². The molecule has 0 spiro atoms. The molecule has 1 rings (SSSR count). The van der Waals surface area contributed by atoms with Gasteiger partial charge in [-0.3, -0.25) is 10.3 Å². The second-order valence-corrected chi connectivity index (χ2v) is 3.54. The normalized spacial score (nSPS) is 10.6. The number of amidine groups is 1. The van der Waals surface area contributed by atoms with E-state index in [9.17, 15) is 4.39 Å². The molecule has 0 aliphatic carbocycles. The van der Waals surface area contributed by atoms with Crippen molar-refractivity contribution in [3.63, 3.8) is 0 Å². The van der Waals surface area contributed by atoms with Crippen LogP contribution in [0.1, 0.15) is 11.1 Å². The zero-order valence-corrected chi connectivity index (χ0v) is 8.83. The Morgan fingerprint density at radius 3 is 2.87 bits per heavy atom. The van der Waals surface area contributed by atoms with Crippen molar-refractivity contribution in [2.24, 2.45) is 5.73 Å². The standard InChI is InChI=1S/C11H16FN3/c1-15(6-5-12)8-9-3-2-4-10(7-9)11(13)14/h2-4,7H,5-6,8H2,1H3,(H3,13,14). The third-order valence-electron chi connectivity index (χ3n) is 2.16. The van der Waals surface area contributed by atoms with Gasteiger partial charge in [-0.1, -0.05) is 18.2 Å². The second-order valence-electron chi connectivity index (χ2n) is 3.54.